The van der Waals surface area contributed by atoms with Crippen LogP contribution in [-0.4, -0.2) is 24.6 Å². The number of hydrogen-bond acceptors (Lipinski definition) is 6. The third-order valence-corrected chi connectivity index (χ3v) is 4.70. The molecule has 0 bridgehead atoms. The molecule has 3 aromatic heterocycles. The van der Waals surface area contributed by atoms with Gasteiger partial charge in [0.2, 0.25) is 0 Å². The van der Waals surface area contributed by atoms with E-state index in [0.29, 0.717) is 11.2 Å². The monoisotopic (exact) mass is 460 g/mol. The Kier molecular flexibility index (Phi) is 6.24. The van der Waals surface area contributed by atoms with Gasteiger partial charge in [-0.3, -0.25) is 0 Å². The molecule has 158 valence electrons. The summed E-state index contributed by atoms with van der Waals surface area (Å²) in [5.41, 5.74) is 6.82. The largest absolute Gasteiger partial charge is 0.392 e. The highest BCUT2D eigenvalue weighted by Crippen LogP contribution is 2.34. The lowest BCUT2D eigenvalue weighted by atomic mass is 10.0. The van der Waals surface area contributed by atoms with Crippen molar-refractivity contribution in [3.05, 3.63) is 70.6 Å². The van der Waals surface area contributed by atoms with E-state index in [1.165, 1.54) is 17.0 Å². The highest BCUT2D eigenvalue weighted by molar-refractivity contribution is 7.59. The molecule has 0 unspecified atom stereocenters. The summed E-state index contributed by atoms with van der Waals surface area (Å²) in [5.74, 6) is -1.03. The minimum atomic E-state index is -0.652. The minimum Gasteiger partial charge on any atom is -0.392 e. The first kappa shape index (κ1) is 22.2. The van der Waals surface area contributed by atoms with E-state index in [1.807, 2.05) is 0 Å². The number of aromatic nitrogens is 5. The van der Waals surface area contributed by atoms with E-state index < -0.39 is 17.7 Å². The zero-order chi connectivity index (χ0) is 21.4. The lowest BCUT2D eigenvalue weighted by Gasteiger charge is -2.19. The number of nitrogen functional groups attached to an aromatic ring is 1. The summed E-state index contributed by atoms with van der Waals surface area (Å²) >= 11 is 6.11. The molecule has 1 atom stereocenters. The molecule has 0 saturated carbocycles. The molecule has 31 heavy (non-hydrogen) atoms. The van der Waals surface area contributed by atoms with Gasteiger partial charge < -0.3 is 11.1 Å². The summed E-state index contributed by atoms with van der Waals surface area (Å²) in [6, 6.07) is 4.21. The molecule has 0 aliphatic heterocycles. The Morgan fingerprint density at radius 3 is 2.74 bits per heavy atom. The smallest absolute Gasteiger partial charge is 0.268 e. The van der Waals surface area contributed by atoms with Crippen LogP contribution in [0.2, 0.25) is 5.15 Å². The Labute approximate surface area is 187 Å². The molecule has 12 heteroatoms. The Bertz CT molecular complexity index is 1320. The predicted molar refractivity (Wildman–Crippen MR) is 118 cm³/mol. The van der Waals surface area contributed by atoms with Crippen LogP contribution in [0, 0.1) is 18.2 Å². The number of imidazole rings is 1. The predicted octanol–water partition coefficient (Wildman–Crippen LogP) is 4.54. The van der Waals surface area contributed by atoms with Crippen molar-refractivity contribution in [3.63, 3.8) is 0 Å². The molecule has 8 nitrogen and oxygen atoms in total. The molecule has 0 aliphatic carbocycles. The molecule has 0 radical (unpaired) electrons. The number of fused-ring (bicyclic) bond motifs is 1. The zero-order valence-electron chi connectivity index (χ0n) is 15.9. The van der Waals surface area contributed by atoms with E-state index in [2.05, 4.69) is 30.2 Å². The quantitative estimate of drug-likeness (QED) is 0.434. The third-order valence-electron chi connectivity index (χ3n) is 4.45. The van der Waals surface area contributed by atoms with E-state index in [4.69, 9.17) is 23.9 Å². The maximum atomic E-state index is 14.6. The SMILES string of the molecule is S.[C-]#[N+]c1c(N)ncnc1N[C@@H](C)c1cc2ncc(Cl)n2nc1-c1cc(F)ccc1F. The molecular weight excluding hydrogens is 446 g/mol. The standard InChI is InChI=1S/C19H13ClF2N8.H2S/c1-9(28-19-17(24-2)18(23)26-8-27-19)11-6-15-25-7-14(20)30(15)29-16(11)12-5-10(21)3-4-13(12)22;/h3-9H,1H3,(H3,23,26,27,28);1H2/t9-;/m0./s1. The number of nitrogens with two attached hydrogens (primary N) is 1. The molecule has 3 N–H and O–H groups in total. The molecule has 0 fully saturated rings. The fourth-order valence-corrected chi connectivity index (χ4v) is 3.18. The minimum absolute atomic E-state index is 0. The van der Waals surface area contributed by atoms with Crippen LogP contribution < -0.4 is 11.1 Å². The van der Waals surface area contributed by atoms with Crippen LogP contribution >= 0.6 is 25.1 Å². The average molecular weight is 461 g/mol. The fraction of sp³-hybridized carbons (Fsp3) is 0.105. The van der Waals surface area contributed by atoms with Gasteiger partial charge in [-0.25, -0.2) is 33.1 Å². The number of anilines is 2. The first-order valence-electron chi connectivity index (χ1n) is 8.63. The van der Waals surface area contributed by atoms with Gasteiger partial charge in [0, 0.05) is 11.1 Å². The van der Waals surface area contributed by atoms with Gasteiger partial charge in [-0.15, -0.1) is 0 Å². The highest BCUT2D eigenvalue weighted by Gasteiger charge is 2.21. The lowest BCUT2D eigenvalue weighted by molar-refractivity contribution is 0.602. The molecule has 3 heterocycles. The maximum absolute atomic E-state index is 14.6. The Balaban J connectivity index is 0.00000272. The van der Waals surface area contributed by atoms with Crippen LogP contribution in [0.15, 0.2) is 36.8 Å². The molecule has 1 aromatic carbocycles. The number of nitrogens with zero attached hydrogens (tertiary/aromatic N) is 6. The van der Waals surface area contributed by atoms with E-state index in [9.17, 15) is 8.78 Å². The van der Waals surface area contributed by atoms with Crippen LogP contribution in [0.4, 0.5) is 26.1 Å². The normalized spacial score (nSPS) is 11.6. The molecule has 0 aliphatic rings. The Hall–Kier alpha value is -3.49. The zero-order valence-corrected chi connectivity index (χ0v) is 17.7. The molecule has 0 spiro atoms. The van der Waals surface area contributed by atoms with Crippen molar-refractivity contribution < 1.29 is 8.78 Å². The van der Waals surface area contributed by atoms with Gasteiger partial charge in [0.15, 0.2) is 10.8 Å². The molecule has 4 aromatic rings. The molecular formula is C19H15ClF2N8S. The van der Waals surface area contributed by atoms with Crippen LogP contribution in [0.1, 0.15) is 18.5 Å². The van der Waals surface area contributed by atoms with Crippen molar-refractivity contribution in [1.29, 1.82) is 0 Å². The lowest BCUT2D eigenvalue weighted by Crippen LogP contribution is -2.13. The van der Waals surface area contributed by atoms with E-state index in [-0.39, 0.29) is 47.2 Å². The summed E-state index contributed by atoms with van der Waals surface area (Å²) in [7, 11) is 0. The van der Waals surface area contributed by atoms with Gasteiger partial charge >= 0.3 is 0 Å². The van der Waals surface area contributed by atoms with Crippen molar-refractivity contribution in [2.75, 3.05) is 11.1 Å². The van der Waals surface area contributed by atoms with Gasteiger partial charge in [0.1, 0.15) is 29.6 Å². The highest BCUT2D eigenvalue weighted by atomic mass is 35.5. The van der Waals surface area contributed by atoms with Crippen LogP contribution in [0.5, 0.6) is 0 Å². The second-order valence-electron chi connectivity index (χ2n) is 6.36. The summed E-state index contributed by atoms with van der Waals surface area (Å²) in [4.78, 5) is 15.4. The summed E-state index contributed by atoms with van der Waals surface area (Å²) in [5, 5.41) is 7.67. The number of halogens is 3. The van der Waals surface area contributed by atoms with Gasteiger partial charge in [0.05, 0.1) is 24.5 Å². The second-order valence-corrected chi connectivity index (χ2v) is 6.74. The first-order valence-corrected chi connectivity index (χ1v) is 9.01. The van der Waals surface area contributed by atoms with Gasteiger partial charge in [0.25, 0.3) is 5.69 Å². The van der Waals surface area contributed by atoms with Crippen LogP contribution in [0.3, 0.4) is 0 Å². The van der Waals surface area contributed by atoms with Crippen molar-refractivity contribution in [2.24, 2.45) is 0 Å². The third kappa shape index (κ3) is 4.08. The van der Waals surface area contributed by atoms with E-state index in [0.717, 1.165) is 18.2 Å². The van der Waals surface area contributed by atoms with Crippen molar-refractivity contribution in [2.45, 2.75) is 13.0 Å². The van der Waals surface area contributed by atoms with Crippen molar-refractivity contribution in [1.82, 2.24) is 24.6 Å². The van der Waals surface area contributed by atoms with Gasteiger partial charge in [-0.05, 0) is 31.2 Å². The van der Waals surface area contributed by atoms with Gasteiger partial charge in [-0.1, -0.05) is 11.6 Å². The van der Waals surface area contributed by atoms with Crippen LogP contribution in [-0.2, 0) is 0 Å². The summed E-state index contributed by atoms with van der Waals surface area (Å²) < 4.78 is 29.8. The van der Waals surface area contributed by atoms with Crippen LogP contribution in [0.25, 0.3) is 21.7 Å². The molecule has 0 saturated heterocycles. The maximum Gasteiger partial charge on any atom is 0.268 e. The number of hydrogen-bond donors (Lipinski definition) is 2. The number of nitrogens with one attached hydrogen (secondary N) is 1. The molecule has 0 amide bonds. The number of benzene rings is 1. The Morgan fingerprint density at radius 2 is 2.00 bits per heavy atom. The second kappa shape index (κ2) is 8.71. The average Bonchev–Trinajstić information content (AvgIpc) is 3.09. The van der Waals surface area contributed by atoms with E-state index in [1.54, 1.807) is 13.0 Å². The van der Waals surface area contributed by atoms with Gasteiger partial charge in [-0.2, -0.15) is 18.6 Å². The number of rotatable bonds is 4. The van der Waals surface area contributed by atoms with Crippen molar-refractivity contribution >= 4 is 48.1 Å². The summed E-state index contributed by atoms with van der Waals surface area (Å²) in [6.07, 6.45) is 2.63. The van der Waals surface area contributed by atoms with Crippen molar-refractivity contribution in [3.8, 4) is 11.3 Å². The summed E-state index contributed by atoms with van der Waals surface area (Å²) in [6.45, 7) is 9.06. The van der Waals surface area contributed by atoms with E-state index >= 15 is 0 Å². The topological polar surface area (TPSA) is 98.4 Å². The fourth-order valence-electron chi connectivity index (χ4n) is 3.01. The molecule has 4 rings (SSSR count). The first-order chi connectivity index (χ1) is 14.4. The Morgan fingerprint density at radius 1 is 1.23 bits per heavy atom.